The Morgan fingerprint density at radius 1 is 0.538 bits per heavy atom. The fourth-order valence-corrected chi connectivity index (χ4v) is 3.52. The van der Waals surface area contributed by atoms with Crippen molar-refractivity contribution in [1.29, 1.82) is 0 Å². The third-order valence-electron chi connectivity index (χ3n) is 5.57. The average molecular weight is 566 g/mol. The minimum Gasteiger partial charge on any atom is -0.872 e. The zero-order chi connectivity index (χ0) is 27.3. The Labute approximate surface area is 240 Å². The molecule has 0 unspecified atom stereocenters. The normalized spacial score (nSPS) is 13.4. The van der Waals surface area contributed by atoms with Crippen molar-refractivity contribution in [2.45, 2.75) is 0 Å². The predicted molar refractivity (Wildman–Crippen MR) is 148 cm³/mol. The summed E-state index contributed by atoms with van der Waals surface area (Å²) in [6.07, 6.45) is 22.2. The molecule has 39 heavy (non-hydrogen) atoms. The van der Waals surface area contributed by atoms with E-state index in [0.29, 0.717) is 34.1 Å². The number of methoxy groups -OCH3 is 4. The van der Waals surface area contributed by atoms with Crippen LogP contribution in [0.1, 0.15) is 11.1 Å². The summed E-state index contributed by atoms with van der Waals surface area (Å²) in [5.41, 5.74) is 3.16. The summed E-state index contributed by atoms with van der Waals surface area (Å²) < 4.78 is 20.6. The fourth-order valence-electron chi connectivity index (χ4n) is 3.52. The van der Waals surface area contributed by atoms with E-state index in [0.717, 1.165) is 11.1 Å². The molecule has 0 saturated carbocycles. The molecule has 2 aromatic carbocycles. The van der Waals surface area contributed by atoms with Crippen molar-refractivity contribution in [1.82, 2.24) is 0 Å². The van der Waals surface area contributed by atoms with Crippen LogP contribution in [0, 0.1) is 0 Å². The molecule has 2 aliphatic carbocycles. The molecule has 0 heterocycles. The van der Waals surface area contributed by atoms with Gasteiger partial charge in [0.25, 0.3) is 0 Å². The predicted octanol–water partition coefficient (Wildman–Crippen LogP) is 4.91. The number of ether oxygens (including phenoxy) is 4. The minimum atomic E-state index is -0.0675. The SMILES string of the molecule is COc1ccc(C([O-])=CC=C2C=CC=C2)cc1OC.COc1ccc(C([O-])=CC=C2C=CC=C2)cc1OC.[Fe+2]. The number of hydrogen-bond acceptors (Lipinski definition) is 6. The maximum Gasteiger partial charge on any atom is 2.00 e. The maximum atomic E-state index is 12.0. The van der Waals surface area contributed by atoms with Crippen LogP contribution in [-0.4, -0.2) is 28.4 Å². The summed E-state index contributed by atoms with van der Waals surface area (Å²) in [5.74, 6) is 2.19. The van der Waals surface area contributed by atoms with E-state index in [2.05, 4.69) is 0 Å². The van der Waals surface area contributed by atoms with Gasteiger partial charge in [-0.25, -0.2) is 0 Å². The summed E-state index contributed by atoms with van der Waals surface area (Å²) in [5, 5.41) is 24.0. The molecule has 4 rings (SSSR count). The van der Waals surface area contributed by atoms with Crippen molar-refractivity contribution < 1.29 is 46.2 Å². The molecule has 2 aliphatic rings. The molecule has 0 aliphatic heterocycles. The van der Waals surface area contributed by atoms with Crippen LogP contribution in [0.3, 0.4) is 0 Å². The van der Waals surface area contributed by atoms with Crippen molar-refractivity contribution in [2.24, 2.45) is 0 Å². The molecule has 0 amide bonds. The van der Waals surface area contributed by atoms with Gasteiger partial charge in [0.15, 0.2) is 23.0 Å². The first-order chi connectivity index (χ1) is 18.5. The standard InChI is InChI=1S/2C16H16O3.Fe/c2*1-18-15-10-8-13(11-16(15)19-2)14(17)9-7-12-5-3-4-6-12;/h2*3-11,17H,1-2H3;/q;;+2/p-2. The van der Waals surface area contributed by atoms with E-state index in [9.17, 15) is 10.2 Å². The number of benzene rings is 2. The van der Waals surface area contributed by atoms with E-state index < -0.39 is 0 Å². The second kappa shape index (κ2) is 15.8. The van der Waals surface area contributed by atoms with Gasteiger partial charge in [-0.05, 0) is 46.5 Å². The van der Waals surface area contributed by atoms with Crippen LogP contribution in [-0.2, 0) is 17.1 Å². The quantitative estimate of drug-likeness (QED) is 0.334. The first-order valence-electron chi connectivity index (χ1n) is 11.8. The zero-order valence-corrected chi connectivity index (χ0v) is 23.3. The van der Waals surface area contributed by atoms with E-state index >= 15 is 0 Å². The van der Waals surface area contributed by atoms with Crippen LogP contribution in [0.5, 0.6) is 23.0 Å². The Morgan fingerprint density at radius 2 is 0.872 bits per heavy atom. The Kier molecular flexibility index (Phi) is 12.5. The van der Waals surface area contributed by atoms with Gasteiger partial charge in [0.05, 0.1) is 28.4 Å². The molecule has 0 radical (unpaired) electrons. The van der Waals surface area contributed by atoms with Crippen LogP contribution in [0.25, 0.3) is 11.5 Å². The van der Waals surface area contributed by atoms with Gasteiger partial charge in [0.1, 0.15) is 0 Å². The van der Waals surface area contributed by atoms with E-state index in [4.69, 9.17) is 18.9 Å². The van der Waals surface area contributed by atoms with Gasteiger partial charge in [-0.1, -0.05) is 85.0 Å². The summed E-state index contributed by atoms with van der Waals surface area (Å²) in [6.45, 7) is 0. The van der Waals surface area contributed by atoms with Crippen LogP contribution >= 0.6 is 0 Å². The van der Waals surface area contributed by atoms with Crippen LogP contribution in [0.4, 0.5) is 0 Å². The third kappa shape index (κ3) is 8.88. The largest absolute Gasteiger partial charge is 2.00 e. The Hall–Kier alpha value is -4.32. The summed E-state index contributed by atoms with van der Waals surface area (Å²) in [6, 6.07) is 10.2. The topological polar surface area (TPSA) is 83.0 Å². The first-order valence-corrected chi connectivity index (χ1v) is 11.8. The van der Waals surface area contributed by atoms with Gasteiger partial charge < -0.3 is 29.2 Å². The Balaban J connectivity index is 0.000000267. The van der Waals surface area contributed by atoms with E-state index in [1.54, 1.807) is 89.1 Å². The zero-order valence-electron chi connectivity index (χ0n) is 22.2. The second-order valence-corrected chi connectivity index (χ2v) is 7.97. The van der Waals surface area contributed by atoms with Crippen molar-refractivity contribution in [3.8, 4) is 23.0 Å². The molecular weight excluding hydrogens is 536 g/mol. The van der Waals surface area contributed by atoms with Crippen molar-refractivity contribution >= 4 is 11.5 Å². The fraction of sp³-hybridized carbons (Fsp3) is 0.125. The molecule has 202 valence electrons. The third-order valence-corrected chi connectivity index (χ3v) is 5.57. The number of hydrogen-bond donors (Lipinski definition) is 0. The van der Waals surface area contributed by atoms with E-state index in [1.165, 1.54) is 0 Å². The Bertz CT molecular complexity index is 1240. The van der Waals surface area contributed by atoms with Crippen LogP contribution < -0.4 is 29.2 Å². The first kappa shape index (κ1) is 30.9. The molecule has 0 fully saturated rings. The number of allylic oxidation sites excluding steroid dienone is 14. The molecule has 0 N–H and O–H groups in total. The molecule has 0 bridgehead atoms. The van der Waals surface area contributed by atoms with Crippen molar-refractivity contribution in [3.05, 3.63) is 132 Å². The summed E-state index contributed by atoms with van der Waals surface area (Å²) in [7, 11) is 6.22. The molecule has 0 spiro atoms. The van der Waals surface area contributed by atoms with Gasteiger partial charge in [-0.2, -0.15) is 0 Å². The monoisotopic (exact) mass is 566 g/mol. The van der Waals surface area contributed by atoms with E-state index in [1.807, 2.05) is 48.6 Å². The summed E-state index contributed by atoms with van der Waals surface area (Å²) in [4.78, 5) is 0. The smallest absolute Gasteiger partial charge is 0.872 e. The number of rotatable bonds is 8. The Morgan fingerprint density at radius 3 is 1.18 bits per heavy atom. The van der Waals surface area contributed by atoms with Gasteiger partial charge in [-0.3, -0.25) is 0 Å². The molecule has 0 saturated heterocycles. The van der Waals surface area contributed by atoms with E-state index in [-0.39, 0.29) is 28.6 Å². The molecule has 2 aromatic rings. The molecule has 0 aromatic heterocycles. The van der Waals surface area contributed by atoms with Crippen LogP contribution in [0.2, 0.25) is 0 Å². The average Bonchev–Trinajstić information content (AvgIpc) is 3.69. The second-order valence-electron chi connectivity index (χ2n) is 7.97. The van der Waals surface area contributed by atoms with Crippen molar-refractivity contribution in [3.63, 3.8) is 0 Å². The molecule has 7 heteroatoms. The van der Waals surface area contributed by atoms with Crippen LogP contribution in [0.15, 0.2) is 120 Å². The van der Waals surface area contributed by atoms with Gasteiger partial charge >= 0.3 is 17.1 Å². The van der Waals surface area contributed by atoms with Crippen molar-refractivity contribution in [2.75, 3.05) is 28.4 Å². The molecular formula is C32H30FeO6. The maximum absolute atomic E-state index is 12.0. The van der Waals surface area contributed by atoms with Gasteiger partial charge in [0, 0.05) is 0 Å². The molecule has 6 nitrogen and oxygen atoms in total. The van der Waals surface area contributed by atoms with Gasteiger partial charge in [-0.15, -0.1) is 11.5 Å². The summed E-state index contributed by atoms with van der Waals surface area (Å²) >= 11 is 0. The van der Waals surface area contributed by atoms with Gasteiger partial charge in [0.2, 0.25) is 0 Å². The minimum absolute atomic E-state index is 0. The molecule has 0 atom stereocenters.